The molecule has 0 bridgehead atoms. The molecule has 1 heterocycles. The van der Waals surface area contributed by atoms with Gasteiger partial charge in [0.15, 0.2) is 0 Å². The highest BCUT2D eigenvalue weighted by Gasteiger charge is 2.28. The van der Waals surface area contributed by atoms with E-state index in [9.17, 15) is 0 Å². The van der Waals surface area contributed by atoms with Crippen molar-refractivity contribution in [1.82, 2.24) is 0 Å². The van der Waals surface area contributed by atoms with Gasteiger partial charge >= 0.3 is 0 Å². The topological polar surface area (TPSA) is 33.3 Å². The third-order valence-electron chi connectivity index (χ3n) is 4.79. The van der Waals surface area contributed by atoms with Crippen LogP contribution >= 0.6 is 0 Å². The van der Waals surface area contributed by atoms with Crippen molar-refractivity contribution in [1.29, 1.82) is 0 Å². The van der Waals surface area contributed by atoms with Crippen molar-refractivity contribution in [2.75, 3.05) is 17.2 Å². The minimum atomic E-state index is 0.266. The molecule has 1 fully saturated rings. The third kappa shape index (κ3) is 4.79. The summed E-state index contributed by atoms with van der Waals surface area (Å²) in [5.41, 5.74) is 5.00. The molecule has 0 amide bonds. The van der Waals surface area contributed by atoms with E-state index in [1.807, 2.05) is 0 Å². The largest absolute Gasteiger partial charge is 0.383 e. The fourth-order valence-corrected chi connectivity index (χ4v) is 3.73. The van der Waals surface area contributed by atoms with Crippen LogP contribution in [0, 0.1) is 0 Å². The molecule has 0 radical (unpaired) electrons. The Morgan fingerprint density at radius 2 is 1.23 bits per heavy atom. The monoisotopic (exact) mass is 352 g/mol. The Morgan fingerprint density at radius 1 is 0.769 bits per heavy atom. The lowest BCUT2D eigenvalue weighted by molar-refractivity contribution is 0.0982. The first-order valence-electron chi connectivity index (χ1n) is 9.87. The van der Waals surface area contributed by atoms with Crippen molar-refractivity contribution in [2.45, 2.75) is 64.6 Å². The second kappa shape index (κ2) is 8.59. The quantitative estimate of drug-likeness (QED) is 0.677. The lowest BCUT2D eigenvalue weighted by atomic mass is 9.85. The maximum atomic E-state index is 6.08. The maximum absolute atomic E-state index is 6.08. The molecule has 0 spiro atoms. The Bertz CT molecular complexity index is 617. The summed E-state index contributed by atoms with van der Waals surface area (Å²) >= 11 is 0. The first kappa shape index (κ1) is 18.8. The van der Waals surface area contributed by atoms with Gasteiger partial charge in [0.05, 0.1) is 6.10 Å². The van der Waals surface area contributed by atoms with Crippen molar-refractivity contribution in [3.8, 4) is 0 Å². The Hall–Kier alpha value is -2.00. The predicted octanol–water partition coefficient (Wildman–Crippen LogP) is 5.64. The van der Waals surface area contributed by atoms with Gasteiger partial charge in [-0.25, -0.2) is 0 Å². The summed E-state index contributed by atoms with van der Waals surface area (Å²) in [6.07, 6.45) is 2.55. The van der Waals surface area contributed by atoms with Crippen LogP contribution in [0.5, 0.6) is 0 Å². The summed E-state index contributed by atoms with van der Waals surface area (Å²) in [7, 11) is 0. The van der Waals surface area contributed by atoms with E-state index in [2.05, 4.69) is 86.9 Å². The molecule has 2 N–H and O–H groups in total. The van der Waals surface area contributed by atoms with Gasteiger partial charge in [-0.3, -0.25) is 0 Å². The highest BCUT2D eigenvalue weighted by atomic mass is 16.5. The van der Waals surface area contributed by atoms with Crippen LogP contribution in [0.15, 0.2) is 48.5 Å². The second-order valence-corrected chi connectivity index (χ2v) is 7.87. The van der Waals surface area contributed by atoms with E-state index in [1.54, 1.807) is 0 Å². The van der Waals surface area contributed by atoms with Crippen LogP contribution in [0.1, 0.15) is 57.6 Å². The van der Waals surface area contributed by atoms with Gasteiger partial charge in [0, 0.05) is 36.0 Å². The lowest BCUT2D eigenvalue weighted by Gasteiger charge is -2.25. The minimum Gasteiger partial charge on any atom is -0.383 e. The molecule has 2 aromatic rings. The summed E-state index contributed by atoms with van der Waals surface area (Å²) in [5, 5.41) is 6.93. The molecule has 1 unspecified atom stereocenters. The van der Waals surface area contributed by atoms with E-state index in [-0.39, 0.29) is 6.10 Å². The van der Waals surface area contributed by atoms with Gasteiger partial charge in [-0.05, 0) is 75.9 Å². The van der Waals surface area contributed by atoms with Crippen molar-refractivity contribution in [3.05, 3.63) is 59.7 Å². The van der Waals surface area contributed by atoms with E-state index in [0.29, 0.717) is 18.0 Å². The first-order valence-corrected chi connectivity index (χ1v) is 9.87. The molecule has 1 aliphatic heterocycles. The third-order valence-corrected chi connectivity index (χ3v) is 4.79. The number of rotatable bonds is 7. The smallest absolute Gasteiger partial charge is 0.0685 e. The zero-order valence-corrected chi connectivity index (χ0v) is 16.5. The average molecular weight is 353 g/mol. The van der Waals surface area contributed by atoms with Crippen LogP contribution in [0.2, 0.25) is 0 Å². The molecular formula is C23H32N2O. The normalized spacial score (nSPS) is 17.3. The fraction of sp³-hybridized carbons (Fsp3) is 0.478. The maximum Gasteiger partial charge on any atom is 0.0685 e. The van der Waals surface area contributed by atoms with Gasteiger partial charge < -0.3 is 15.4 Å². The van der Waals surface area contributed by atoms with Crippen molar-refractivity contribution in [2.24, 2.45) is 0 Å². The molecule has 1 saturated heterocycles. The van der Waals surface area contributed by atoms with Crippen LogP contribution < -0.4 is 10.6 Å². The molecule has 0 aliphatic carbocycles. The molecule has 140 valence electrons. The molecular weight excluding hydrogens is 320 g/mol. The van der Waals surface area contributed by atoms with Gasteiger partial charge in [0.25, 0.3) is 0 Å². The van der Waals surface area contributed by atoms with E-state index in [0.717, 1.165) is 19.4 Å². The summed E-state index contributed by atoms with van der Waals surface area (Å²) in [6, 6.07) is 18.6. The SMILES string of the molecule is CC(C)Nc1ccc(C(c2ccc(NC(C)C)cc2)C2CCCO2)cc1. The van der Waals surface area contributed by atoms with E-state index >= 15 is 0 Å². The molecule has 1 aliphatic rings. The number of anilines is 2. The van der Waals surface area contributed by atoms with Gasteiger partial charge in [-0.2, -0.15) is 0 Å². The number of nitrogens with one attached hydrogen (secondary N) is 2. The molecule has 1 atom stereocenters. The second-order valence-electron chi connectivity index (χ2n) is 7.87. The highest BCUT2D eigenvalue weighted by Crippen LogP contribution is 2.35. The molecule has 3 nitrogen and oxygen atoms in total. The fourth-order valence-electron chi connectivity index (χ4n) is 3.73. The standard InChI is InChI=1S/C23H32N2O/c1-16(2)24-20-11-7-18(8-12-20)23(22-6-5-15-26-22)19-9-13-21(14-10-19)25-17(3)4/h7-14,16-17,22-25H,5-6,15H2,1-4H3. The summed E-state index contributed by atoms with van der Waals surface area (Å²) < 4.78 is 6.08. The minimum absolute atomic E-state index is 0.266. The molecule has 26 heavy (non-hydrogen) atoms. The summed E-state index contributed by atoms with van der Waals surface area (Å²) in [6.45, 7) is 9.53. The van der Waals surface area contributed by atoms with Crippen molar-refractivity contribution in [3.63, 3.8) is 0 Å². The first-order chi connectivity index (χ1) is 12.5. The molecule has 2 aromatic carbocycles. The Balaban J connectivity index is 1.85. The summed E-state index contributed by atoms with van der Waals surface area (Å²) in [4.78, 5) is 0. The van der Waals surface area contributed by atoms with Crippen LogP contribution in [-0.2, 0) is 4.74 Å². The zero-order valence-electron chi connectivity index (χ0n) is 16.5. The van der Waals surface area contributed by atoms with Gasteiger partial charge in [0.1, 0.15) is 0 Å². The van der Waals surface area contributed by atoms with Crippen LogP contribution in [0.25, 0.3) is 0 Å². The van der Waals surface area contributed by atoms with Gasteiger partial charge in [-0.15, -0.1) is 0 Å². The molecule has 0 aromatic heterocycles. The van der Waals surface area contributed by atoms with Gasteiger partial charge in [0.2, 0.25) is 0 Å². The van der Waals surface area contributed by atoms with Crippen molar-refractivity contribution < 1.29 is 4.74 Å². The Kier molecular flexibility index (Phi) is 6.20. The number of hydrogen-bond donors (Lipinski definition) is 2. The Morgan fingerprint density at radius 3 is 1.58 bits per heavy atom. The van der Waals surface area contributed by atoms with Crippen molar-refractivity contribution >= 4 is 11.4 Å². The summed E-state index contributed by atoms with van der Waals surface area (Å²) in [5.74, 6) is 0.290. The lowest BCUT2D eigenvalue weighted by Crippen LogP contribution is -2.19. The number of ether oxygens (including phenoxy) is 1. The molecule has 0 saturated carbocycles. The molecule has 3 rings (SSSR count). The number of hydrogen-bond acceptors (Lipinski definition) is 3. The van der Waals surface area contributed by atoms with Crippen LogP contribution in [-0.4, -0.2) is 24.8 Å². The number of benzene rings is 2. The van der Waals surface area contributed by atoms with Gasteiger partial charge in [-0.1, -0.05) is 24.3 Å². The predicted molar refractivity (Wildman–Crippen MR) is 111 cm³/mol. The van der Waals surface area contributed by atoms with E-state index in [4.69, 9.17) is 4.74 Å². The van der Waals surface area contributed by atoms with E-state index in [1.165, 1.54) is 22.5 Å². The zero-order chi connectivity index (χ0) is 18.5. The molecule has 3 heteroatoms. The average Bonchev–Trinajstić information content (AvgIpc) is 3.11. The van der Waals surface area contributed by atoms with Crippen LogP contribution in [0.3, 0.4) is 0 Å². The highest BCUT2D eigenvalue weighted by molar-refractivity contribution is 5.50. The van der Waals surface area contributed by atoms with E-state index < -0.39 is 0 Å². The van der Waals surface area contributed by atoms with Crippen LogP contribution in [0.4, 0.5) is 11.4 Å². The Labute approximate surface area is 158 Å².